The number of nitrogens with zero attached hydrogens (tertiary/aromatic N) is 2. The summed E-state index contributed by atoms with van der Waals surface area (Å²) < 4.78 is 43.6. The SMILES string of the molecule is CCC(C(=O)NC1CCCC1)N(Cc1c(Cl)cccc1Cl)C(=O)CN(c1ccccc1F)S(=O)(=O)c1ccc(C)cc1. The number of rotatable bonds is 11. The fourth-order valence-electron chi connectivity index (χ4n) is 5.15. The molecule has 1 atom stereocenters. The molecule has 1 fully saturated rings. The summed E-state index contributed by atoms with van der Waals surface area (Å²) in [5.41, 5.74) is 0.968. The van der Waals surface area contributed by atoms with Gasteiger partial charge in [-0.1, -0.05) is 78.9 Å². The highest BCUT2D eigenvalue weighted by Gasteiger charge is 2.35. The number of para-hydroxylation sites is 1. The van der Waals surface area contributed by atoms with Crippen LogP contribution in [0.3, 0.4) is 0 Å². The second kappa shape index (κ2) is 13.9. The Bertz CT molecular complexity index is 1510. The number of hydrogen-bond donors (Lipinski definition) is 1. The van der Waals surface area contributed by atoms with Crippen molar-refractivity contribution in [3.63, 3.8) is 0 Å². The van der Waals surface area contributed by atoms with Crippen LogP contribution < -0.4 is 9.62 Å². The molecule has 0 heterocycles. The van der Waals surface area contributed by atoms with Crippen molar-refractivity contribution in [2.24, 2.45) is 0 Å². The summed E-state index contributed by atoms with van der Waals surface area (Å²) in [6.07, 6.45) is 3.96. The molecule has 4 rings (SSSR count). The van der Waals surface area contributed by atoms with E-state index >= 15 is 4.39 Å². The largest absolute Gasteiger partial charge is 0.352 e. The van der Waals surface area contributed by atoms with Crippen molar-refractivity contribution < 1.29 is 22.4 Å². The van der Waals surface area contributed by atoms with Crippen molar-refractivity contribution in [3.8, 4) is 0 Å². The van der Waals surface area contributed by atoms with E-state index in [0.717, 1.165) is 41.6 Å². The molecule has 0 aliphatic heterocycles. The zero-order valence-electron chi connectivity index (χ0n) is 23.5. The molecule has 42 heavy (non-hydrogen) atoms. The Kier molecular flexibility index (Phi) is 10.5. The Hall–Kier alpha value is -3.14. The van der Waals surface area contributed by atoms with Crippen LogP contribution >= 0.6 is 23.2 Å². The number of benzene rings is 3. The first kappa shape index (κ1) is 31.8. The van der Waals surface area contributed by atoms with E-state index in [1.54, 1.807) is 37.3 Å². The summed E-state index contributed by atoms with van der Waals surface area (Å²) in [6.45, 7) is 2.68. The van der Waals surface area contributed by atoms with Crippen molar-refractivity contribution in [2.45, 2.75) is 69.5 Å². The van der Waals surface area contributed by atoms with Crippen LogP contribution in [-0.4, -0.2) is 43.8 Å². The number of amides is 2. The minimum absolute atomic E-state index is 0.00392. The molecule has 1 unspecified atom stereocenters. The van der Waals surface area contributed by atoms with Gasteiger partial charge in [0.05, 0.1) is 10.6 Å². The van der Waals surface area contributed by atoms with Gasteiger partial charge in [0.2, 0.25) is 11.8 Å². The molecule has 224 valence electrons. The topological polar surface area (TPSA) is 86.8 Å². The summed E-state index contributed by atoms with van der Waals surface area (Å²) >= 11 is 12.9. The highest BCUT2D eigenvalue weighted by molar-refractivity contribution is 7.92. The van der Waals surface area contributed by atoms with Gasteiger partial charge in [-0.05, 0) is 62.6 Å². The molecular weight excluding hydrogens is 600 g/mol. The monoisotopic (exact) mass is 633 g/mol. The van der Waals surface area contributed by atoms with E-state index in [9.17, 15) is 18.0 Å². The van der Waals surface area contributed by atoms with Crippen molar-refractivity contribution >= 4 is 50.7 Å². The summed E-state index contributed by atoms with van der Waals surface area (Å²) in [6, 6.07) is 15.4. The molecule has 0 spiro atoms. The van der Waals surface area contributed by atoms with Crippen LogP contribution in [0.5, 0.6) is 0 Å². The lowest BCUT2D eigenvalue weighted by Gasteiger charge is -2.34. The zero-order valence-corrected chi connectivity index (χ0v) is 25.9. The summed E-state index contributed by atoms with van der Waals surface area (Å²) in [5.74, 6) is -1.87. The van der Waals surface area contributed by atoms with Crippen molar-refractivity contribution in [2.75, 3.05) is 10.8 Å². The molecular formula is C31H34Cl2FN3O4S. The third kappa shape index (κ3) is 7.25. The second-order valence-corrected chi connectivity index (χ2v) is 13.1. The lowest BCUT2D eigenvalue weighted by molar-refractivity contribution is -0.140. The quantitative estimate of drug-likeness (QED) is 0.261. The van der Waals surface area contributed by atoms with E-state index < -0.39 is 34.3 Å². The molecule has 3 aromatic rings. The van der Waals surface area contributed by atoms with Gasteiger partial charge in [0, 0.05) is 28.2 Å². The predicted molar refractivity (Wildman–Crippen MR) is 164 cm³/mol. The molecule has 2 amide bonds. The maximum atomic E-state index is 15.1. The molecule has 0 radical (unpaired) electrons. The average molecular weight is 635 g/mol. The predicted octanol–water partition coefficient (Wildman–Crippen LogP) is 6.50. The Morgan fingerprint density at radius 2 is 1.60 bits per heavy atom. The van der Waals surface area contributed by atoms with Gasteiger partial charge in [-0.3, -0.25) is 13.9 Å². The van der Waals surface area contributed by atoms with Crippen LogP contribution in [0.15, 0.2) is 71.6 Å². The van der Waals surface area contributed by atoms with Crippen molar-refractivity contribution in [3.05, 3.63) is 93.7 Å². The number of anilines is 1. The van der Waals surface area contributed by atoms with E-state index in [1.165, 1.54) is 35.2 Å². The van der Waals surface area contributed by atoms with E-state index in [1.807, 2.05) is 6.92 Å². The Morgan fingerprint density at radius 3 is 2.19 bits per heavy atom. The van der Waals surface area contributed by atoms with Gasteiger partial charge in [0.25, 0.3) is 10.0 Å². The van der Waals surface area contributed by atoms with E-state index in [2.05, 4.69) is 5.32 Å². The maximum absolute atomic E-state index is 15.1. The smallest absolute Gasteiger partial charge is 0.264 e. The third-order valence-electron chi connectivity index (χ3n) is 7.49. The van der Waals surface area contributed by atoms with E-state index in [-0.39, 0.29) is 35.5 Å². The van der Waals surface area contributed by atoms with Gasteiger partial charge in [0.15, 0.2) is 0 Å². The molecule has 11 heteroatoms. The number of sulfonamides is 1. The normalized spacial score (nSPS) is 14.4. The average Bonchev–Trinajstić information content (AvgIpc) is 3.46. The lowest BCUT2D eigenvalue weighted by atomic mass is 10.1. The number of aryl methyl sites for hydroxylation is 1. The fourth-order valence-corrected chi connectivity index (χ4v) is 7.08. The summed E-state index contributed by atoms with van der Waals surface area (Å²) in [7, 11) is -4.39. The van der Waals surface area contributed by atoms with Crippen LogP contribution in [0, 0.1) is 12.7 Å². The molecule has 1 aliphatic rings. The van der Waals surface area contributed by atoms with E-state index in [0.29, 0.717) is 15.6 Å². The van der Waals surface area contributed by atoms with Crippen LogP contribution in [-0.2, 0) is 26.2 Å². The molecule has 1 aliphatic carbocycles. The van der Waals surface area contributed by atoms with Crippen molar-refractivity contribution in [1.82, 2.24) is 10.2 Å². The zero-order chi connectivity index (χ0) is 30.4. The fraction of sp³-hybridized carbons (Fsp3) is 0.355. The number of carbonyl (C=O) groups is 2. The molecule has 1 saturated carbocycles. The Morgan fingerprint density at radius 1 is 0.976 bits per heavy atom. The molecule has 7 nitrogen and oxygen atoms in total. The number of hydrogen-bond acceptors (Lipinski definition) is 4. The third-order valence-corrected chi connectivity index (χ3v) is 9.97. The first-order valence-electron chi connectivity index (χ1n) is 13.9. The molecule has 1 N–H and O–H groups in total. The molecule has 0 bridgehead atoms. The van der Waals surface area contributed by atoms with Gasteiger partial charge in [-0.15, -0.1) is 0 Å². The van der Waals surface area contributed by atoms with Gasteiger partial charge in [0.1, 0.15) is 18.4 Å². The lowest BCUT2D eigenvalue weighted by Crippen LogP contribution is -2.53. The number of carbonyl (C=O) groups excluding carboxylic acids is 2. The Labute approximate surface area is 256 Å². The van der Waals surface area contributed by atoms with E-state index in [4.69, 9.17) is 23.2 Å². The summed E-state index contributed by atoms with van der Waals surface area (Å²) in [4.78, 5) is 28.9. The highest BCUT2D eigenvalue weighted by atomic mass is 35.5. The van der Waals surface area contributed by atoms with Gasteiger partial charge >= 0.3 is 0 Å². The maximum Gasteiger partial charge on any atom is 0.264 e. The Balaban J connectivity index is 1.75. The molecule has 0 saturated heterocycles. The van der Waals surface area contributed by atoms with Crippen LogP contribution in [0.1, 0.15) is 50.2 Å². The minimum atomic E-state index is -4.39. The number of nitrogens with one attached hydrogen (secondary N) is 1. The van der Waals surface area contributed by atoms with Gasteiger partial charge in [-0.2, -0.15) is 0 Å². The second-order valence-electron chi connectivity index (χ2n) is 10.4. The van der Waals surface area contributed by atoms with Gasteiger partial charge in [-0.25, -0.2) is 12.8 Å². The van der Waals surface area contributed by atoms with Crippen LogP contribution in [0.25, 0.3) is 0 Å². The molecule has 0 aromatic heterocycles. The van der Waals surface area contributed by atoms with Crippen LogP contribution in [0.2, 0.25) is 10.0 Å². The van der Waals surface area contributed by atoms with Crippen LogP contribution in [0.4, 0.5) is 10.1 Å². The first-order chi connectivity index (χ1) is 20.0. The highest BCUT2D eigenvalue weighted by Crippen LogP contribution is 2.30. The first-order valence-corrected chi connectivity index (χ1v) is 16.1. The number of halogens is 3. The van der Waals surface area contributed by atoms with Gasteiger partial charge < -0.3 is 10.2 Å². The van der Waals surface area contributed by atoms with Crippen molar-refractivity contribution in [1.29, 1.82) is 0 Å². The molecule has 3 aromatic carbocycles. The minimum Gasteiger partial charge on any atom is -0.352 e. The summed E-state index contributed by atoms with van der Waals surface area (Å²) in [5, 5.41) is 3.64. The standard InChI is InChI=1S/C31H34Cl2FN3O4S/c1-3-28(31(39)35-22-9-4-5-10-22)36(19-24-25(32)11-8-12-26(24)33)30(38)20-37(29-14-7-6-13-27(29)34)42(40,41)23-17-15-21(2)16-18-23/h6-8,11-18,22,28H,3-5,9-10,19-20H2,1-2H3,(H,35,39).